The van der Waals surface area contributed by atoms with E-state index in [0.717, 1.165) is 77.0 Å². The van der Waals surface area contributed by atoms with Crippen LogP contribution in [0.3, 0.4) is 0 Å². The van der Waals surface area contributed by atoms with E-state index < -0.39 is 32.5 Å². The summed E-state index contributed by atoms with van der Waals surface area (Å²) in [6, 6.07) is 0. The van der Waals surface area contributed by atoms with Gasteiger partial charge in [-0.15, -0.1) is 0 Å². The molecule has 0 saturated heterocycles. The van der Waals surface area contributed by atoms with Crippen molar-refractivity contribution in [1.82, 2.24) is 0 Å². The van der Waals surface area contributed by atoms with E-state index in [2.05, 4.69) is 86.8 Å². The van der Waals surface area contributed by atoms with Gasteiger partial charge in [0.2, 0.25) is 0 Å². The standard InChI is InChI=1S/C45H78NO8P/c1-3-5-7-9-11-13-15-17-19-20-21-22-24-25-27-29-31-33-35-37-44(47)51-41-43(42-53-55(49,50)52-40-39-46)54-45(48)38-36-34-32-30-28-26-23-18-16-14-12-10-8-6-4-2/h5,7,11,13-14,16-17,19,21-22,25,27,43H,3-4,6,8-10,12,15,18,20,23-24,26,28-42,46H2,1-2H3,(H,49,50)/b7-5+,13-11+,16-14+,19-17+,22-21+,27-25+/t43-/m1/s1. The van der Waals surface area contributed by atoms with E-state index in [1.54, 1.807) is 0 Å². The number of esters is 2. The van der Waals surface area contributed by atoms with E-state index in [-0.39, 0.29) is 32.6 Å². The summed E-state index contributed by atoms with van der Waals surface area (Å²) in [5, 5.41) is 0. The minimum atomic E-state index is -4.39. The Morgan fingerprint density at radius 3 is 1.53 bits per heavy atom. The molecule has 0 aromatic carbocycles. The van der Waals surface area contributed by atoms with Crippen LogP contribution in [0, 0.1) is 0 Å². The van der Waals surface area contributed by atoms with Crippen molar-refractivity contribution in [2.45, 2.75) is 174 Å². The number of ether oxygens (including phenoxy) is 2. The third-order valence-electron chi connectivity index (χ3n) is 8.58. The van der Waals surface area contributed by atoms with Crippen LogP contribution in [0.25, 0.3) is 0 Å². The first-order valence-corrected chi connectivity index (χ1v) is 22.9. The van der Waals surface area contributed by atoms with Crippen LogP contribution in [0.1, 0.15) is 168 Å². The van der Waals surface area contributed by atoms with Crippen LogP contribution in [0.15, 0.2) is 72.9 Å². The number of carbonyl (C=O) groups excluding carboxylic acids is 2. The highest BCUT2D eigenvalue weighted by Crippen LogP contribution is 2.43. The topological polar surface area (TPSA) is 134 Å². The first kappa shape index (κ1) is 52.5. The number of rotatable bonds is 39. The monoisotopic (exact) mass is 792 g/mol. The Kier molecular flexibility index (Phi) is 39.2. The number of phosphoric ester groups is 1. The van der Waals surface area contributed by atoms with Crippen molar-refractivity contribution in [3.8, 4) is 0 Å². The maximum Gasteiger partial charge on any atom is 0.472 e. The van der Waals surface area contributed by atoms with E-state index in [1.165, 1.54) is 51.4 Å². The second kappa shape index (κ2) is 41.1. The Morgan fingerprint density at radius 1 is 0.564 bits per heavy atom. The number of allylic oxidation sites excluding steroid dienone is 12. The van der Waals surface area contributed by atoms with Crippen LogP contribution in [0.4, 0.5) is 0 Å². The molecule has 0 bridgehead atoms. The predicted octanol–water partition coefficient (Wildman–Crippen LogP) is 12.3. The molecular formula is C45H78NO8P. The number of phosphoric acid groups is 1. The third-order valence-corrected chi connectivity index (χ3v) is 9.56. The number of unbranched alkanes of at least 4 members (excludes halogenated alkanes) is 14. The summed E-state index contributed by atoms with van der Waals surface area (Å²) in [6.45, 7) is 3.55. The molecule has 0 spiro atoms. The van der Waals surface area contributed by atoms with Gasteiger partial charge in [0.1, 0.15) is 6.61 Å². The molecule has 55 heavy (non-hydrogen) atoms. The Hall–Kier alpha value is -2.55. The molecule has 1 unspecified atom stereocenters. The highest BCUT2D eigenvalue weighted by molar-refractivity contribution is 7.47. The number of nitrogens with two attached hydrogens (primary N) is 1. The summed E-state index contributed by atoms with van der Waals surface area (Å²) in [5.41, 5.74) is 5.34. The van der Waals surface area contributed by atoms with Gasteiger partial charge in [0, 0.05) is 19.4 Å². The van der Waals surface area contributed by atoms with Crippen LogP contribution in [-0.2, 0) is 32.7 Å². The first-order chi connectivity index (χ1) is 26.8. The van der Waals surface area contributed by atoms with Crippen LogP contribution >= 0.6 is 7.82 Å². The summed E-state index contributed by atoms with van der Waals surface area (Å²) in [5.74, 6) is -0.877. The maximum absolute atomic E-state index is 12.6. The molecule has 3 N–H and O–H groups in total. The molecule has 0 aliphatic carbocycles. The predicted molar refractivity (Wildman–Crippen MR) is 229 cm³/mol. The summed E-state index contributed by atoms with van der Waals surface area (Å²) in [7, 11) is -4.39. The molecule has 0 radical (unpaired) electrons. The van der Waals surface area contributed by atoms with Gasteiger partial charge in [-0.2, -0.15) is 0 Å². The molecule has 0 fully saturated rings. The fourth-order valence-corrected chi connectivity index (χ4v) is 6.18. The van der Waals surface area contributed by atoms with E-state index >= 15 is 0 Å². The molecule has 0 amide bonds. The lowest BCUT2D eigenvalue weighted by Gasteiger charge is -2.19. The fraction of sp³-hybridized carbons (Fsp3) is 0.689. The van der Waals surface area contributed by atoms with Crippen molar-refractivity contribution in [3.63, 3.8) is 0 Å². The minimum absolute atomic E-state index is 0.0445. The lowest BCUT2D eigenvalue weighted by Crippen LogP contribution is -2.29. The molecule has 0 rings (SSSR count). The third kappa shape index (κ3) is 40.9. The van der Waals surface area contributed by atoms with Gasteiger partial charge in [-0.05, 0) is 83.5 Å². The molecule has 0 heterocycles. The smallest absolute Gasteiger partial charge is 0.462 e. The van der Waals surface area contributed by atoms with Crippen LogP contribution in [0.5, 0.6) is 0 Å². The lowest BCUT2D eigenvalue weighted by atomic mass is 10.1. The number of carbonyl (C=O) groups is 2. The molecule has 0 aliphatic heterocycles. The highest BCUT2D eigenvalue weighted by atomic mass is 31.2. The Balaban J connectivity index is 4.24. The average molecular weight is 792 g/mol. The second-order valence-electron chi connectivity index (χ2n) is 13.8. The summed E-state index contributed by atoms with van der Waals surface area (Å²) < 4.78 is 32.7. The zero-order valence-electron chi connectivity index (χ0n) is 34.6. The van der Waals surface area contributed by atoms with Gasteiger partial charge < -0.3 is 20.1 Å². The maximum atomic E-state index is 12.6. The molecule has 0 aromatic heterocycles. The van der Waals surface area contributed by atoms with Gasteiger partial charge in [0.15, 0.2) is 6.10 Å². The zero-order chi connectivity index (χ0) is 40.3. The Bertz CT molecular complexity index is 1130. The normalized spacial score (nSPS) is 14.0. The average Bonchev–Trinajstić information content (AvgIpc) is 3.17. The van der Waals surface area contributed by atoms with Crippen molar-refractivity contribution in [1.29, 1.82) is 0 Å². The number of hydrogen-bond donors (Lipinski definition) is 2. The van der Waals surface area contributed by atoms with Crippen molar-refractivity contribution in [2.24, 2.45) is 5.73 Å². The highest BCUT2D eigenvalue weighted by Gasteiger charge is 2.26. The molecule has 10 heteroatoms. The number of hydrogen-bond acceptors (Lipinski definition) is 8. The summed E-state index contributed by atoms with van der Waals surface area (Å²) >= 11 is 0. The molecule has 2 atom stereocenters. The molecule has 0 aromatic rings. The zero-order valence-corrected chi connectivity index (χ0v) is 35.5. The van der Waals surface area contributed by atoms with Gasteiger partial charge >= 0.3 is 19.8 Å². The molecule has 316 valence electrons. The quantitative estimate of drug-likeness (QED) is 0.0270. The first-order valence-electron chi connectivity index (χ1n) is 21.4. The van der Waals surface area contributed by atoms with E-state index in [4.69, 9.17) is 24.3 Å². The van der Waals surface area contributed by atoms with Crippen molar-refractivity contribution in [2.75, 3.05) is 26.4 Å². The largest absolute Gasteiger partial charge is 0.472 e. The van der Waals surface area contributed by atoms with Crippen LogP contribution in [0.2, 0.25) is 0 Å². The van der Waals surface area contributed by atoms with Crippen LogP contribution < -0.4 is 5.73 Å². The van der Waals surface area contributed by atoms with Gasteiger partial charge in [-0.3, -0.25) is 18.6 Å². The van der Waals surface area contributed by atoms with Crippen molar-refractivity contribution >= 4 is 19.8 Å². The summed E-state index contributed by atoms with van der Waals surface area (Å²) in [6.07, 6.45) is 49.3. The Morgan fingerprint density at radius 2 is 1.00 bits per heavy atom. The van der Waals surface area contributed by atoms with Gasteiger partial charge in [0.05, 0.1) is 13.2 Å². The van der Waals surface area contributed by atoms with E-state index in [1.807, 2.05) is 0 Å². The van der Waals surface area contributed by atoms with Crippen molar-refractivity contribution in [3.05, 3.63) is 72.9 Å². The lowest BCUT2D eigenvalue weighted by molar-refractivity contribution is -0.161. The van der Waals surface area contributed by atoms with Crippen molar-refractivity contribution < 1.29 is 37.6 Å². The molecule has 0 aliphatic rings. The van der Waals surface area contributed by atoms with Crippen LogP contribution in [-0.4, -0.2) is 49.3 Å². The van der Waals surface area contributed by atoms with E-state index in [0.29, 0.717) is 12.8 Å². The molecule has 0 saturated carbocycles. The molecule has 9 nitrogen and oxygen atoms in total. The minimum Gasteiger partial charge on any atom is -0.462 e. The SMILES string of the molecule is CC/C=C/C/C=C/C/C=C/C/C=C/C/C=C/CCCCCC(=O)OC[C@H](COP(=O)(O)OCCN)OC(=O)CCCCCCCCC/C=C/CCCCCC. The fourth-order valence-electron chi connectivity index (χ4n) is 5.42. The molecular weight excluding hydrogens is 713 g/mol. The Labute approximate surface area is 335 Å². The summed E-state index contributed by atoms with van der Waals surface area (Å²) in [4.78, 5) is 34.8. The second-order valence-corrected chi connectivity index (χ2v) is 15.3. The van der Waals surface area contributed by atoms with Gasteiger partial charge in [0.25, 0.3) is 0 Å². The van der Waals surface area contributed by atoms with Gasteiger partial charge in [-0.1, -0.05) is 145 Å². The van der Waals surface area contributed by atoms with E-state index in [9.17, 15) is 19.0 Å². The van der Waals surface area contributed by atoms with Gasteiger partial charge in [-0.25, -0.2) is 4.57 Å².